The third-order valence-electron chi connectivity index (χ3n) is 6.77. The normalized spacial score (nSPS) is 19.5. The predicted octanol–water partition coefficient (Wildman–Crippen LogP) is 4.23. The molecule has 1 saturated carbocycles. The number of rotatable bonds is 9. The number of amides is 2. The van der Waals surface area contributed by atoms with Crippen molar-refractivity contribution in [2.24, 2.45) is 5.92 Å². The molecule has 4 rings (SSSR count). The van der Waals surface area contributed by atoms with E-state index in [0.717, 1.165) is 28.7 Å². The highest BCUT2D eigenvalue weighted by Gasteiger charge is 2.35. The number of carbonyl (C=O) groups is 3. The summed E-state index contributed by atoms with van der Waals surface area (Å²) in [5.74, 6) is -1.98. The van der Waals surface area contributed by atoms with Gasteiger partial charge in [0.2, 0.25) is 5.91 Å². The van der Waals surface area contributed by atoms with Crippen molar-refractivity contribution in [3.63, 3.8) is 0 Å². The summed E-state index contributed by atoms with van der Waals surface area (Å²) < 4.78 is 5.58. The number of benzene rings is 2. The lowest BCUT2D eigenvalue weighted by Gasteiger charge is -2.23. The minimum atomic E-state index is -0.907. The van der Waals surface area contributed by atoms with Gasteiger partial charge in [-0.3, -0.25) is 9.59 Å². The second-order valence-corrected chi connectivity index (χ2v) is 8.88. The lowest BCUT2D eigenvalue weighted by Crippen LogP contribution is -2.51. The van der Waals surface area contributed by atoms with Crippen molar-refractivity contribution in [3.8, 4) is 11.1 Å². The zero-order chi connectivity index (χ0) is 24.1. The van der Waals surface area contributed by atoms with Crippen LogP contribution in [0.2, 0.25) is 0 Å². The average molecular weight is 463 g/mol. The maximum absolute atomic E-state index is 12.9. The molecule has 3 N–H and O–H groups in total. The Morgan fingerprint density at radius 1 is 1.06 bits per heavy atom. The Labute approximate surface area is 199 Å². The lowest BCUT2D eigenvalue weighted by atomic mass is 9.98. The van der Waals surface area contributed by atoms with E-state index in [4.69, 9.17) is 4.74 Å². The third kappa shape index (κ3) is 4.98. The van der Waals surface area contributed by atoms with Crippen molar-refractivity contribution in [1.29, 1.82) is 0 Å². The highest BCUT2D eigenvalue weighted by Crippen LogP contribution is 2.44. The fraction of sp³-hybridized carbons (Fsp3) is 0.370. The first-order valence-corrected chi connectivity index (χ1v) is 11.7. The minimum Gasteiger partial charge on any atom is -0.481 e. The van der Waals surface area contributed by atoms with Crippen molar-refractivity contribution in [1.82, 2.24) is 10.6 Å². The number of nitrogens with one attached hydrogen (secondary N) is 2. The summed E-state index contributed by atoms with van der Waals surface area (Å²) in [6.07, 6.45) is 3.78. The Kier molecular flexibility index (Phi) is 7.30. The second kappa shape index (κ2) is 10.5. The Hall–Kier alpha value is -3.61. The maximum Gasteiger partial charge on any atom is 0.407 e. The topological polar surface area (TPSA) is 105 Å². The molecule has 7 heteroatoms. The van der Waals surface area contributed by atoms with Crippen molar-refractivity contribution in [2.75, 3.05) is 6.61 Å². The molecule has 0 aliphatic heterocycles. The number of carbonyl (C=O) groups excluding carboxylic acids is 2. The van der Waals surface area contributed by atoms with Crippen LogP contribution in [-0.2, 0) is 14.3 Å². The van der Waals surface area contributed by atoms with Gasteiger partial charge in [-0.15, -0.1) is 6.58 Å². The number of carboxylic acid groups (broad SMARTS) is 1. The van der Waals surface area contributed by atoms with Gasteiger partial charge in [-0.1, -0.05) is 61.0 Å². The van der Waals surface area contributed by atoms with E-state index in [2.05, 4.69) is 29.3 Å². The van der Waals surface area contributed by atoms with Gasteiger partial charge in [0.1, 0.15) is 12.6 Å². The number of fused-ring (bicyclic) bond motifs is 3. The van der Waals surface area contributed by atoms with Crippen molar-refractivity contribution < 1.29 is 24.2 Å². The summed E-state index contributed by atoms with van der Waals surface area (Å²) >= 11 is 0. The molecule has 1 fully saturated rings. The molecule has 2 aromatic rings. The summed E-state index contributed by atoms with van der Waals surface area (Å²) in [5.41, 5.74) is 4.50. The van der Waals surface area contributed by atoms with Crippen LogP contribution < -0.4 is 10.6 Å². The van der Waals surface area contributed by atoms with E-state index in [1.54, 1.807) is 6.08 Å². The van der Waals surface area contributed by atoms with Crippen molar-refractivity contribution in [3.05, 3.63) is 72.3 Å². The molecule has 2 aliphatic rings. The van der Waals surface area contributed by atoms with Crippen LogP contribution in [0.15, 0.2) is 61.2 Å². The fourth-order valence-corrected chi connectivity index (χ4v) is 5.05. The quantitative estimate of drug-likeness (QED) is 0.484. The van der Waals surface area contributed by atoms with E-state index < -0.39 is 36.0 Å². The van der Waals surface area contributed by atoms with Crippen LogP contribution in [0.5, 0.6) is 0 Å². The van der Waals surface area contributed by atoms with Gasteiger partial charge in [0, 0.05) is 12.0 Å². The number of alkyl carbamates (subject to hydrolysis) is 1. The van der Waals surface area contributed by atoms with Gasteiger partial charge in [0.25, 0.3) is 0 Å². The molecular weight excluding hydrogens is 432 g/mol. The standard InChI is InChI=1S/C27H30N2O5/c1-2-3-14-24(25(30)28-23-15-8-13-21(23)26(31)32)29-27(33)34-16-22-19-11-6-4-9-17(19)18-10-5-7-12-20(18)22/h2,4-7,9-12,21-24H,1,3,8,13-16H2,(H,28,30)(H,29,33)(H,31,32)/t21-,23+,24?/m1/s1. The van der Waals surface area contributed by atoms with Gasteiger partial charge in [-0.2, -0.15) is 0 Å². The predicted molar refractivity (Wildman–Crippen MR) is 128 cm³/mol. The summed E-state index contributed by atoms with van der Waals surface area (Å²) in [4.78, 5) is 37.0. The van der Waals surface area contributed by atoms with E-state index in [1.807, 2.05) is 36.4 Å². The number of ether oxygens (including phenoxy) is 1. The minimum absolute atomic E-state index is 0.0755. The van der Waals surface area contributed by atoms with Crippen LogP contribution in [0.4, 0.5) is 4.79 Å². The van der Waals surface area contributed by atoms with Crippen LogP contribution >= 0.6 is 0 Å². The zero-order valence-electron chi connectivity index (χ0n) is 19.0. The molecule has 0 saturated heterocycles. The maximum atomic E-state index is 12.9. The molecular formula is C27H30N2O5. The molecule has 2 aromatic carbocycles. The van der Waals surface area contributed by atoms with Gasteiger partial charge in [0.05, 0.1) is 5.92 Å². The number of aliphatic carboxylic acids is 1. The smallest absolute Gasteiger partial charge is 0.407 e. The summed E-state index contributed by atoms with van der Waals surface area (Å²) in [6, 6.07) is 14.9. The fourth-order valence-electron chi connectivity index (χ4n) is 5.05. The van der Waals surface area contributed by atoms with Crippen LogP contribution in [0.1, 0.15) is 49.1 Å². The molecule has 34 heavy (non-hydrogen) atoms. The monoisotopic (exact) mass is 462 g/mol. The first-order chi connectivity index (χ1) is 16.5. The van der Waals surface area contributed by atoms with Crippen LogP contribution in [-0.4, -0.2) is 41.8 Å². The Morgan fingerprint density at radius 2 is 1.71 bits per heavy atom. The summed E-state index contributed by atoms with van der Waals surface area (Å²) in [6.45, 7) is 3.84. The van der Waals surface area contributed by atoms with Crippen LogP contribution in [0, 0.1) is 5.92 Å². The molecule has 0 heterocycles. The molecule has 0 radical (unpaired) electrons. The molecule has 3 atom stereocenters. The van der Waals surface area contributed by atoms with Gasteiger partial charge >= 0.3 is 12.1 Å². The van der Waals surface area contributed by atoms with E-state index in [0.29, 0.717) is 25.7 Å². The van der Waals surface area contributed by atoms with Gasteiger partial charge in [-0.25, -0.2) is 4.79 Å². The second-order valence-electron chi connectivity index (χ2n) is 8.88. The first-order valence-electron chi connectivity index (χ1n) is 11.7. The number of hydrogen-bond donors (Lipinski definition) is 3. The SMILES string of the molecule is C=CCCC(NC(=O)OCC1c2ccccc2-c2ccccc21)C(=O)N[C@H]1CCC[C@H]1C(=O)O. The number of hydrogen-bond acceptors (Lipinski definition) is 4. The molecule has 1 unspecified atom stereocenters. The summed E-state index contributed by atoms with van der Waals surface area (Å²) in [7, 11) is 0. The molecule has 0 bridgehead atoms. The molecule has 0 spiro atoms. The van der Waals surface area contributed by atoms with E-state index in [-0.39, 0.29) is 12.5 Å². The van der Waals surface area contributed by atoms with E-state index in [1.165, 1.54) is 0 Å². The van der Waals surface area contributed by atoms with Gasteiger partial charge in [-0.05, 0) is 47.9 Å². The summed E-state index contributed by atoms with van der Waals surface area (Å²) in [5, 5.41) is 14.9. The molecule has 2 amide bonds. The number of allylic oxidation sites excluding steroid dienone is 1. The highest BCUT2D eigenvalue weighted by molar-refractivity contribution is 5.86. The molecule has 178 valence electrons. The Bertz CT molecular complexity index is 1040. The largest absolute Gasteiger partial charge is 0.481 e. The van der Waals surface area contributed by atoms with E-state index in [9.17, 15) is 19.5 Å². The zero-order valence-corrected chi connectivity index (χ0v) is 19.0. The van der Waals surface area contributed by atoms with E-state index >= 15 is 0 Å². The average Bonchev–Trinajstić information content (AvgIpc) is 3.43. The van der Waals surface area contributed by atoms with Crippen LogP contribution in [0.25, 0.3) is 11.1 Å². The Morgan fingerprint density at radius 3 is 2.32 bits per heavy atom. The van der Waals surface area contributed by atoms with Crippen molar-refractivity contribution >= 4 is 18.0 Å². The number of carboxylic acids is 1. The van der Waals surface area contributed by atoms with Gasteiger partial charge < -0.3 is 20.5 Å². The molecule has 0 aromatic heterocycles. The first kappa shape index (κ1) is 23.5. The third-order valence-corrected chi connectivity index (χ3v) is 6.77. The van der Waals surface area contributed by atoms with Crippen LogP contribution in [0.3, 0.4) is 0 Å². The Balaban J connectivity index is 1.39. The highest BCUT2D eigenvalue weighted by atomic mass is 16.5. The van der Waals surface area contributed by atoms with Gasteiger partial charge in [0.15, 0.2) is 0 Å². The molecule has 2 aliphatic carbocycles. The van der Waals surface area contributed by atoms with Crippen molar-refractivity contribution in [2.45, 2.75) is 50.1 Å². The molecule has 7 nitrogen and oxygen atoms in total. The lowest BCUT2D eigenvalue weighted by molar-refractivity contribution is -0.142.